The van der Waals surface area contributed by atoms with Crippen molar-refractivity contribution >= 4 is 33.4 Å². The summed E-state index contributed by atoms with van der Waals surface area (Å²) in [6, 6.07) is 20.2. The van der Waals surface area contributed by atoms with Gasteiger partial charge in [0.1, 0.15) is 12.4 Å². The van der Waals surface area contributed by atoms with Crippen LogP contribution in [0.15, 0.2) is 60.7 Å². The van der Waals surface area contributed by atoms with Gasteiger partial charge in [-0.3, -0.25) is 0 Å². The number of aliphatic hydroxyl groups is 1. The molecule has 3 rings (SSSR count). The molecular formula is C18H15IO2. The molecule has 0 aromatic heterocycles. The van der Waals surface area contributed by atoms with Crippen molar-refractivity contribution < 1.29 is 9.84 Å². The lowest BCUT2D eigenvalue weighted by atomic mass is 10.0. The third-order valence-corrected chi connectivity index (χ3v) is 4.18. The SMILES string of the molecule is OCc1c(OCc2ccc(I)cc2)ccc2ccccc12. The highest BCUT2D eigenvalue weighted by atomic mass is 127. The van der Waals surface area contributed by atoms with Gasteiger partial charge in [0.15, 0.2) is 0 Å². The molecule has 0 unspecified atom stereocenters. The van der Waals surface area contributed by atoms with Gasteiger partial charge in [-0.05, 0) is 57.1 Å². The van der Waals surface area contributed by atoms with Crippen LogP contribution in [0.3, 0.4) is 0 Å². The van der Waals surface area contributed by atoms with Crippen LogP contribution < -0.4 is 4.74 Å². The third kappa shape index (κ3) is 3.19. The van der Waals surface area contributed by atoms with Crippen LogP contribution in [0.2, 0.25) is 0 Å². The molecule has 2 nitrogen and oxygen atoms in total. The Morgan fingerprint density at radius 1 is 0.905 bits per heavy atom. The summed E-state index contributed by atoms with van der Waals surface area (Å²) in [6.45, 7) is 0.478. The molecule has 106 valence electrons. The topological polar surface area (TPSA) is 29.5 Å². The monoisotopic (exact) mass is 390 g/mol. The number of hydrogen-bond donors (Lipinski definition) is 1. The van der Waals surface area contributed by atoms with Crippen LogP contribution in [0.4, 0.5) is 0 Å². The van der Waals surface area contributed by atoms with Crippen molar-refractivity contribution in [2.24, 2.45) is 0 Å². The average molecular weight is 390 g/mol. The first-order valence-electron chi connectivity index (χ1n) is 6.76. The molecule has 0 aliphatic rings. The van der Waals surface area contributed by atoms with Crippen LogP contribution in [-0.4, -0.2) is 5.11 Å². The van der Waals surface area contributed by atoms with E-state index >= 15 is 0 Å². The Hall–Kier alpha value is -1.59. The van der Waals surface area contributed by atoms with E-state index in [1.165, 1.54) is 3.57 Å². The molecule has 0 fully saturated rings. The Bertz CT molecular complexity index is 751. The van der Waals surface area contributed by atoms with Crippen LogP contribution in [0.25, 0.3) is 10.8 Å². The van der Waals surface area contributed by atoms with E-state index in [0.29, 0.717) is 6.61 Å². The maximum Gasteiger partial charge on any atom is 0.125 e. The minimum absolute atomic E-state index is 0.0244. The second kappa shape index (κ2) is 6.45. The van der Waals surface area contributed by atoms with Crippen LogP contribution in [-0.2, 0) is 13.2 Å². The lowest BCUT2D eigenvalue weighted by Crippen LogP contribution is -1.99. The Labute approximate surface area is 137 Å². The van der Waals surface area contributed by atoms with Gasteiger partial charge in [0.25, 0.3) is 0 Å². The molecule has 3 aromatic carbocycles. The highest BCUT2D eigenvalue weighted by Gasteiger charge is 2.08. The van der Waals surface area contributed by atoms with Gasteiger partial charge in [-0.25, -0.2) is 0 Å². The maximum absolute atomic E-state index is 9.67. The van der Waals surface area contributed by atoms with Gasteiger partial charge in [0, 0.05) is 9.13 Å². The van der Waals surface area contributed by atoms with E-state index in [4.69, 9.17) is 4.74 Å². The molecule has 0 heterocycles. The normalized spacial score (nSPS) is 10.8. The molecule has 0 spiro atoms. The summed E-state index contributed by atoms with van der Waals surface area (Å²) in [6.07, 6.45) is 0. The molecule has 0 aliphatic heterocycles. The summed E-state index contributed by atoms with van der Waals surface area (Å²) >= 11 is 2.28. The largest absolute Gasteiger partial charge is 0.489 e. The van der Waals surface area contributed by atoms with E-state index in [1.807, 2.05) is 36.4 Å². The minimum Gasteiger partial charge on any atom is -0.489 e. The Kier molecular flexibility index (Phi) is 4.41. The van der Waals surface area contributed by atoms with Gasteiger partial charge < -0.3 is 9.84 Å². The number of rotatable bonds is 4. The second-order valence-electron chi connectivity index (χ2n) is 4.84. The quantitative estimate of drug-likeness (QED) is 0.664. The first-order valence-corrected chi connectivity index (χ1v) is 7.84. The molecule has 0 radical (unpaired) electrons. The molecule has 0 bridgehead atoms. The summed E-state index contributed by atoms with van der Waals surface area (Å²) < 4.78 is 7.11. The molecule has 0 amide bonds. The summed E-state index contributed by atoms with van der Waals surface area (Å²) in [5, 5.41) is 11.8. The van der Waals surface area contributed by atoms with Gasteiger partial charge in [-0.15, -0.1) is 0 Å². The number of fused-ring (bicyclic) bond motifs is 1. The molecule has 21 heavy (non-hydrogen) atoms. The summed E-state index contributed by atoms with van der Waals surface area (Å²) in [4.78, 5) is 0. The fraction of sp³-hybridized carbons (Fsp3) is 0.111. The van der Waals surface area contributed by atoms with Gasteiger partial charge in [-0.1, -0.05) is 42.5 Å². The fourth-order valence-corrected chi connectivity index (χ4v) is 2.72. The molecule has 1 N–H and O–H groups in total. The molecule has 3 aromatic rings. The van der Waals surface area contributed by atoms with Crippen molar-refractivity contribution in [1.82, 2.24) is 0 Å². The van der Waals surface area contributed by atoms with Gasteiger partial charge in [0.2, 0.25) is 0 Å². The fourth-order valence-electron chi connectivity index (χ4n) is 2.36. The van der Waals surface area contributed by atoms with Crippen LogP contribution in [0.1, 0.15) is 11.1 Å². The van der Waals surface area contributed by atoms with E-state index in [0.717, 1.165) is 27.6 Å². The first-order chi connectivity index (χ1) is 10.3. The third-order valence-electron chi connectivity index (χ3n) is 3.46. The number of hydrogen-bond acceptors (Lipinski definition) is 2. The summed E-state index contributed by atoms with van der Waals surface area (Å²) in [5.41, 5.74) is 1.96. The van der Waals surface area contributed by atoms with Gasteiger partial charge in [-0.2, -0.15) is 0 Å². The number of halogens is 1. The van der Waals surface area contributed by atoms with Crippen molar-refractivity contribution in [2.75, 3.05) is 0 Å². The molecule has 0 aliphatic carbocycles. The molecule has 0 saturated heterocycles. The van der Waals surface area contributed by atoms with E-state index in [2.05, 4.69) is 46.9 Å². The first kappa shape index (κ1) is 14.4. The lowest BCUT2D eigenvalue weighted by Gasteiger charge is -2.13. The Morgan fingerprint density at radius 2 is 1.67 bits per heavy atom. The molecular weight excluding hydrogens is 375 g/mol. The van der Waals surface area contributed by atoms with Crippen molar-refractivity contribution in [3.63, 3.8) is 0 Å². The predicted molar refractivity (Wildman–Crippen MR) is 93.4 cm³/mol. The van der Waals surface area contributed by atoms with Crippen molar-refractivity contribution in [3.8, 4) is 5.75 Å². The van der Waals surface area contributed by atoms with Crippen LogP contribution >= 0.6 is 22.6 Å². The average Bonchev–Trinajstić information content (AvgIpc) is 2.53. The maximum atomic E-state index is 9.67. The summed E-state index contributed by atoms with van der Waals surface area (Å²) in [5.74, 6) is 0.745. The molecule has 3 heteroatoms. The highest BCUT2D eigenvalue weighted by Crippen LogP contribution is 2.28. The van der Waals surface area contributed by atoms with Crippen LogP contribution in [0.5, 0.6) is 5.75 Å². The predicted octanol–water partition coefficient (Wildman–Crippen LogP) is 4.52. The minimum atomic E-state index is -0.0244. The van der Waals surface area contributed by atoms with Crippen LogP contribution in [0, 0.1) is 3.57 Å². The molecule has 0 atom stereocenters. The number of benzene rings is 3. The standard InChI is InChI=1S/C18H15IO2/c19-15-8-5-13(6-9-15)12-21-18-10-7-14-3-1-2-4-16(14)17(18)11-20/h1-10,20H,11-12H2. The van der Waals surface area contributed by atoms with E-state index in [9.17, 15) is 5.11 Å². The van der Waals surface area contributed by atoms with Crippen molar-refractivity contribution in [3.05, 3.63) is 75.4 Å². The highest BCUT2D eigenvalue weighted by molar-refractivity contribution is 14.1. The van der Waals surface area contributed by atoms with E-state index in [-0.39, 0.29) is 6.61 Å². The van der Waals surface area contributed by atoms with Crippen molar-refractivity contribution in [2.45, 2.75) is 13.2 Å². The smallest absolute Gasteiger partial charge is 0.125 e. The number of aliphatic hydroxyl groups excluding tert-OH is 1. The Morgan fingerprint density at radius 3 is 2.43 bits per heavy atom. The second-order valence-corrected chi connectivity index (χ2v) is 6.08. The zero-order chi connectivity index (χ0) is 14.7. The zero-order valence-electron chi connectivity index (χ0n) is 11.4. The van der Waals surface area contributed by atoms with Gasteiger partial charge in [0.05, 0.1) is 6.61 Å². The summed E-state index contributed by atoms with van der Waals surface area (Å²) in [7, 11) is 0. The van der Waals surface area contributed by atoms with Crippen molar-refractivity contribution in [1.29, 1.82) is 0 Å². The lowest BCUT2D eigenvalue weighted by molar-refractivity contribution is 0.261. The van der Waals surface area contributed by atoms with E-state index < -0.39 is 0 Å². The number of ether oxygens (including phenoxy) is 1. The molecule has 0 saturated carbocycles. The Balaban J connectivity index is 1.88. The van der Waals surface area contributed by atoms with E-state index in [1.54, 1.807) is 0 Å². The van der Waals surface area contributed by atoms with Gasteiger partial charge >= 0.3 is 0 Å². The zero-order valence-corrected chi connectivity index (χ0v) is 13.6.